The molecule has 4 N–H and O–H groups in total. The van der Waals surface area contributed by atoms with Gasteiger partial charge in [-0.15, -0.1) is 0 Å². The van der Waals surface area contributed by atoms with Gasteiger partial charge in [0.25, 0.3) is 7.37 Å². The van der Waals surface area contributed by atoms with Gasteiger partial charge in [-0.1, -0.05) is 58.4 Å². The number of rotatable bonds is 5. The highest BCUT2D eigenvalue weighted by Gasteiger charge is 2.27. The van der Waals surface area contributed by atoms with Gasteiger partial charge in [0.2, 0.25) is 0 Å². The first kappa shape index (κ1) is 30.3. The van der Waals surface area contributed by atoms with Gasteiger partial charge in [0, 0.05) is 31.3 Å². The Balaban J connectivity index is 0.000000203. The molecule has 0 atom stereocenters. The maximum absolute atomic E-state index is 12.6. The zero-order valence-electron chi connectivity index (χ0n) is 20.0. The standard InChI is InChI=1S/C12H12NO2P.C7H7BrO2.C6H7BrN2O2/c13-15-16(14,11-7-3-1-4-8-11)12-9-5-2-6-10-12;1-10-7(9)5-2-3-6(8)4-5;1-11-6(10)5-2-4(7)3-9(5)8/h1-10H,13H2;3-4H,2H2,1H3;2-3H,8H2,1H3. The summed E-state index contributed by atoms with van der Waals surface area (Å²) in [6.45, 7) is 0. The average molecular weight is 655 g/mol. The first-order valence-corrected chi connectivity index (χ1v) is 13.8. The maximum Gasteiger partial charge on any atom is 0.356 e. The minimum atomic E-state index is -3.13. The molecule has 0 saturated heterocycles. The molecule has 0 amide bonds. The van der Waals surface area contributed by atoms with Crippen LogP contribution < -0.4 is 22.3 Å². The summed E-state index contributed by atoms with van der Waals surface area (Å²) in [5.74, 6) is 9.92. The highest BCUT2D eigenvalue weighted by molar-refractivity contribution is 9.12. The molecule has 3 aromatic rings. The number of aromatic nitrogens is 1. The van der Waals surface area contributed by atoms with E-state index in [1.165, 1.54) is 18.9 Å². The van der Waals surface area contributed by atoms with Crippen LogP contribution in [0, 0.1) is 0 Å². The van der Waals surface area contributed by atoms with Crippen LogP contribution in [0.5, 0.6) is 0 Å². The molecule has 0 saturated carbocycles. The van der Waals surface area contributed by atoms with Crippen molar-refractivity contribution in [3.05, 3.63) is 105 Å². The van der Waals surface area contributed by atoms with Gasteiger partial charge < -0.3 is 15.3 Å². The molecule has 0 spiro atoms. The molecule has 0 bridgehead atoms. The molecule has 1 aliphatic rings. The molecule has 4 rings (SSSR count). The Morgan fingerprint density at radius 2 is 1.43 bits per heavy atom. The Morgan fingerprint density at radius 3 is 1.78 bits per heavy atom. The smallest absolute Gasteiger partial charge is 0.356 e. The van der Waals surface area contributed by atoms with Crippen molar-refractivity contribution in [3.8, 4) is 0 Å². The monoisotopic (exact) mass is 653 g/mol. The van der Waals surface area contributed by atoms with Gasteiger partial charge in [0.1, 0.15) is 5.69 Å². The topological polar surface area (TPSA) is 136 Å². The third-order valence-corrected chi connectivity index (χ3v) is 8.07. The third kappa shape index (κ3) is 8.55. The number of halogens is 2. The van der Waals surface area contributed by atoms with Gasteiger partial charge >= 0.3 is 11.9 Å². The number of esters is 2. The van der Waals surface area contributed by atoms with Crippen molar-refractivity contribution in [2.75, 3.05) is 20.1 Å². The van der Waals surface area contributed by atoms with Crippen LogP contribution in [0.4, 0.5) is 0 Å². The van der Waals surface area contributed by atoms with Gasteiger partial charge in [-0.05, 0) is 58.8 Å². The summed E-state index contributed by atoms with van der Waals surface area (Å²) in [5, 5.41) is 1.20. The Hall–Kier alpha value is -2.95. The second-order valence-corrected chi connectivity index (χ2v) is 11.4. The number of allylic oxidation sites excluding steroid dienone is 3. The Morgan fingerprint density at radius 1 is 0.919 bits per heavy atom. The largest absolute Gasteiger partial charge is 0.466 e. The van der Waals surface area contributed by atoms with Gasteiger partial charge in [-0.2, -0.15) is 0 Å². The third-order valence-electron chi connectivity index (χ3n) is 4.83. The Bertz CT molecular complexity index is 1270. The van der Waals surface area contributed by atoms with Gasteiger partial charge in [-0.25, -0.2) is 20.1 Å². The van der Waals surface area contributed by atoms with Crippen molar-refractivity contribution >= 4 is 61.8 Å². The fraction of sp³-hybridized carbons (Fsp3) is 0.120. The second kappa shape index (κ2) is 14.7. The zero-order valence-corrected chi connectivity index (χ0v) is 24.1. The lowest BCUT2D eigenvalue weighted by atomic mass is 10.2. The van der Waals surface area contributed by atoms with Crippen molar-refractivity contribution in [1.29, 1.82) is 0 Å². The molecule has 12 heteroatoms. The average Bonchev–Trinajstić information content (AvgIpc) is 3.53. The molecule has 0 radical (unpaired) electrons. The van der Waals surface area contributed by atoms with Crippen LogP contribution in [0.2, 0.25) is 0 Å². The Labute approximate surface area is 231 Å². The number of benzene rings is 2. The van der Waals surface area contributed by atoms with Crippen LogP contribution in [0.1, 0.15) is 16.9 Å². The number of ether oxygens (including phenoxy) is 2. The molecule has 37 heavy (non-hydrogen) atoms. The molecular weight excluding hydrogens is 629 g/mol. The van der Waals surface area contributed by atoms with E-state index < -0.39 is 13.3 Å². The van der Waals surface area contributed by atoms with E-state index in [1.807, 2.05) is 42.5 Å². The summed E-state index contributed by atoms with van der Waals surface area (Å²) in [6, 6.07) is 19.5. The van der Waals surface area contributed by atoms with Gasteiger partial charge in [-0.3, -0.25) is 9.24 Å². The highest BCUT2D eigenvalue weighted by Crippen LogP contribution is 2.42. The number of nitrogens with zero attached hydrogens (tertiary/aromatic N) is 1. The van der Waals surface area contributed by atoms with E-state index in [2.05, 4.69) is 41.3 Å². The number of hydrogen-bond donors (Lipinski definition) is 2. The number of nitrogens with two attached hydrogens (primary N) is 2. The first-order valence-electron chi connectivity index (χ1n) is 10.6. The van der Waals surface area contributed by atoms with E-state index in [1.54, 1.807) is 42.6 Å². The van der Waals surface area contributed by atoms with Crippen molar-refractivity contribution < 1.29 is 28.3 Å². The van der Waals surface area contributed by atoms with Crippen molar-refractivity contribution in [3.63, 3.8) is 0 Å². The quantitative estimate of drug-likeness (QED) is 0.180. The molecule has 196 valence electrons. The van der Waals surface area contributed by atoms with E-state index in [-0.39, 0.29) is 5.97 Å². The van der Waals surface area contributed by atoms with Crippen molar-refractivity contribution in [2.45, 2.75) is 6.42 Å². The van der Waals surface area contributed by atoms with E-state index in [4.69, 9.17) is 16.4 Å². The normalized spacial score (nSPS) is 12.1. The molecule has 9 nitrogen and oxygen atoms in total. The minimum absolute atomic E-state index is 0.245. The lowest BCUT2D eigenvalue weighted by Crippen LogP contribution is -2.20. The summed E-state index contributed by atoms with van der Waals surface area (Å²) < 4.78 is 29.3. The van der Waals surface area contributed by atoms with E-state index >= 15 is 0 Å². The van der Waals surface area contributed by atoms with Crippen molar-refractivity contribution in [1.82, 2.24) is 4.68 Å². The number of hydrogen-bond acceptors (Lipinski definition) is 8. The van der Waals surface area contributed by atoms with E-state index in [9.17, 15) is 14.2 Å². The van der Waals surface area contributed by atoms with Crippen molar-refractivity contribution in [2.24, 2.45) is 5.90 Å². The molecule has 0 unspecified atom stereocenters. The molecule has 1 aromatic heterocycles. The fourth-order valence-corrected chi connectivity index (χ4v) is 5.54. The molecule has 1 aliphatic carbocycles. The summed E-state index contributed by atoms with van der Waals surface area (Å²) in [4.78, 5) is 21.7. The second-order valence-electron chi connectivity index (χ2n) is 7.22. The minimum Gasteiger partial charge on any atom is -0.466 e. The predicted molar refractivity (Wildman–Crippen MR) is 150 cm³/mol. The fourth-order valence-electron chi connectivity index (χ4n) is 3.00. The molecule has 0 fully saturated rings. The molecule has 1 heterocycles. The lowest BCUT2D eigenvalue weighted by Gasteiger charge is -2.15. The van der Waals surface area contributed by atoms with Gasteiger partial charge in [0.15, 0.2) is 0 Å². The summed E-state index contributed by atoms with van der Waals surface area (Å²) in [5.41, 5.74) is 1.02. The van der Waals surface area contributed by atoms with Crippen LogP contribution in [0.3, 0.4) is 0 Å². The van der Waals surface area contributed by atoms with E-state index in [0.29, 0.717) is 28.3 Å². The zero-order chi connectivity index (χ0) is 27.4. The van der Waals surface area contributed by atoms with Gasteiger partial charge in [0.05, 0.1) is 14.2 Å². The number of carbonyl (C=O) groups is 2. The van der Waals surface area contributed by atoms with E-state index in [0.717, 1.165) is 8.96 Å². The van der Waals surface area contributed by atoms with Crippen LogP contribution >= 0.6 is 39.2 Å². The molecule has 0 aliphatic heterocycles. The molecular formula is C25H26Br2N3O6P. The van der Waals surface area contributed by atoms with Crippen LogP contribution in [0.15, 0.2) is 99.6 Å². The maximum atomic E-state index is 12.6. The molecule has 2 aromatic carbocycles. The van der Waals surface area contributed by atoms with Crippen LogP contribution in [-0.4, -0.2) is 30.8 Å². The number of carbonyl (C=O) groups excluding carboxylic acids is 2. The summed E-state index contributed by atoms with van der Waals surface area (Å²) in [6.07, 6.45) is 5.94. The van der Waals surface area contributed by atoms with Crippen LogP contribution in [-0.2, 0) is 23.5 Å². The van der Waals surface area contributed by atoms with Crippen LogP contribution in [0.25, 0.3) is 0 Å². The lowest BCUT2D eigenvalue weighted by molar-refractivity contribution is -0.136. The number of nitrogen functional groups attached to an aromatic ring is 1. The predicted octanol–water partition coefficient (Wildman–Crippen LogP) is 4.33. The Kier molecular flexibility index (Phi) is 12.0. The summed E-state index contributed by atoms with van der Waals surface area (Å²) in [7, 11) is -0.434. The first-order chi connectivity index (χ1) is 17.7. The summed E-state index contributed by atoms with van der Waals surface area (Å²) >= 11 is 6.42. The number of methoxy groups -OCH3 is 2. The SMILES string of the molecule is COC(=O)C1=CC(Br)=CC1.COC(=O)c1cc(Br)cn1N.NOP(=O)(c1ccccc1)c1ccccc1. The highest BCUT2D eigenvalue weighted by atomic mass is 79.9.